The van der Waals surface area contributed by atoms with E-state index in [4.69, 9.17) is 4.74 Å². The van der Waals surface area contributed by atoms with Gasteiger partial charge in [0.2, 0.25) is 0 Å². The van der Waals surface area contributed by atoms with Crippen LogP contribution in [-0.2, 0) is 4.74 Å². The van der Waals surface area contributed by atoms with Crippen LogP contribution in [0.15, 0.2) is 30.5 Å². The molecular formula is C15H14N2O2. The predicted molar refractivity (Wildman–Crippen MR) is 74.3 cm³/mol. The van der Waals surface area contributed by atoms with Crippen molar-refractivity contribution < 1.29 is 9.53 Å². The molecule has 0 radical (unpaired) electrons. The lowest BCUT2D eigenvalue weighted by Crippen LogP contribution is -2.06. The number of hydrogen-bond acceptors (Lipinski definition) is 3. The van der Waals surface area contributed by atoms with Gasteiger partial charge in [0.25, 0.3) is 0 Å². The van der Waals surface area contributed by atoms with Gasteiger partial charge in [0, 0.05) is 16.3 Å². The molecule has 1 N–H and O–H groups in total. The Morgan fingerprint density at radius 1 is 1.37 bits per heavy atom. The maximum atomic E-state index is 11.7. The number of carbonyl (C=O) groups is 1. The number of hydrogen-bond donors (Lipinski definition) is 1. The van der Waals surface area contributed by atoms with Crippen molar-refractivity contribution >= 4 is 27.8 Å². The molecule has 0 saturated heterocycles. The van der Waals surface area contributed by atoms with E-state index in [9.17, 15) is 4.79 Å². The van der Waals surface area contributed by atoms with Gasteiger partial charge in [-0.1, -0.05) is 12.1 Å². The van der Waals surface area contributed by atoms with Crippen molar-refractivity contribution in [3.05, 3.63) is 41.7 Å². The number of aromatic nitrogens is 2. The van der Waals surface area contributed by atoms with Gasteiger partial charge in [0.1, 0.15) is 5.69 Å². The second-order valence-electron chi connectivity index (χ2n) is 4.46. The lowest BCUT2D eigenvalue weighted by molar-refractivity contribution is 0.0520. The molecule has 3 aromatic rings. The van der Waals surface area contributed by atoms with Gasteiger partial charge in [0.05, 0.1) is 18.3 Å². The summed E-state index contributed by atoms with van der Waals surface area (Å²) in [4.78, 5) is 19.2. The zero-order chi connectivity index (χ0) is 13.4. The lowest BCUT2D eigenvalue weighted by Gasteiger charge is -2.01. The zero-order valence-corrected chi connectivity index (χ0v) is 10.9. The molecule has 3 rings (SSSR count). The van der Waals surface area contributed by atoms with Gasteiger partial charge in [-0.15, -0.1) is 0 Å². The number of benzene rings is 1. The van der Waals surface area contributed by atoms with E-state index in [0.717, 1.165) is 21.8 Å². The largest absolute Gasteiger partial charge is 0.461 e. The first kappa shape index (κ1) is 11.7. The standard InChI is InChI=1S/C15H14N2O2/c1-3-19-15(18)12-7-10-13(8-16-12)17-11-6-4-5-9(2)14(10)11/h4-8,17H,3H2,1-2H3. The Labute approximate surface area is 110 Å². The van der Waals surface area contributed by atoms with E-state index in [1.54, 1.807) is 19.2 Å². The molecule has 0 aliphatic heterocycles. The zero-order valence-electron chi connectivity index (χ0n) is 10.9. The Hall–Kier alpha value is -2.36. The van der Waals surface area contributed by atoms with E-state index in [1.165, 1.54) is 5.56 Å². The first-order valence-electron chi connectivity index (χ1n) is 6.25. The van der Waals surface area contributed by atoms with Gasteiger partial charge in [0.15, 0.2) is 0 Å². The Kier molecular flexibility index (Phi) is 2.71. The second-order valence-corrected chi connectivity index (χ2v) is 4.46. The molecule has 2 aromatic heterocycles. The van der Waals surface area contributed by atoms with Crippen molar-refractivity contribution in [3.8, 4) is 0 Å². The summed E-state index contributed by atoms with van der Waals surface area (Å²) in [7, 11) is 0. The molecule has 0 unspecified atom stereocenters. The van der Waals surface area contributed by atoms with E-state index in [1.807, 2.05) is 12.1 Å². The quantitative estimate of drug-likeness (QED) is 0.714. The van der Waals surface area contributed by atoms with Crippen LogP contribution in [0.25, 0.3) is 21.8 Å². The Morgan fingerprint density at radius 3 is 3.00 bits per heavy atom. The molecule has 0 atom stereocenters. The van der Waals surface area contributed by atoms with Crippen molar-refractivity contribution in [2.45, 2.75) is 13.8 Å². The van der Waals surface area contributed by atoms with Crippen LogP contribution in [0.1, 0.15) is 23.0 Å². The SMILES string of the molecule is CCOC(=O)c1cc2c(cn1)[nH]c1cccc(C)c12. The van der Waals surface area contributed by atoms with Crippen molar-refractivity contribution in [2.24, 2.45) is 0 Å². The smallest absolute Gasteiger partial charge is 0.356 e. The molecule has 96 valence electrons. The van der Waals surface area contributed by atoms with E-state index in [-0.39, 0.29) is 5.97 Å². The van der Waals surface area contributed by atoms with Gasteiger partial charge < -0.3 is 9.72 Å². The molecule has 0 bridgehead atoms. The van der Waals surface area contributed by atoms with Crippen LogP contribution in [0.3, 0.4) is 0 Å². The number of ether oxygens (including phenoxy) is 1. The predicted octanol–water partition coefficient (Wildman–Crippen LogP) is 3.20. The fourth-order valence-electron chi connectivity index (χ4n) is 2.35. The number of pyridine rings is 1. The minimum absolute atomic E-state index is 0.346. The van der Waals surface area contributed by atoms with E-state index in [0.29, 0.717) is 12.3 Å². The van der Waals surface area contributed by atoms with Crippen molar-refractivity contribution in [1.29, 1.82) is 0 Å². The summed E-state index contributed by atoms with van der Waals surface area (Å²) in [6, 6.07) is 7.87. The number of rotatable bonds is 2. The molecule has 0 amide bonds. The number of aryl methyl sites for hydroxylation is 1. The summed E-state index contributed by atoms with van der Waals surface area (Å²) in [5.41, 5.74) is 3.50. The lowest BCUT2D eigenvalue weighted by atomic mass is 10.1. The number of aromatic amines is 1. The molecule has 0 saturated carbocycles. The molecule has 0 aliphatic carbocycles. The minimum atomic E-state index is -0.382. The number of carbonyl (C=O) groups excluding carboxylic acids is 1. The maximum absolute atomic E-state index is 11.7. The molecule has 4 heteroatoms. The average molecular weight is 254 g/mol. The first-order valence-corrected chi connectivity index (χ1v) is 6.25. The third-order valence-corrected chi connectivity index (χ3v) is 3.20. The number of esters is 1. The van der Waals surface area contributed by atoms with Crippen LogP contribution < -0.4 is 0 Å². The Balaban J connectivity index is 2.26. The monoisotopic (exact) mass is 254 g/mol. The van der Waals surface area contributed by atoms with Gasteiger partial charge in [-0.3, -0.25) is 0 Å². The van der Waals surface area contributed by atoms with Gasteiger partial charge in [-0.05, 0) is 31.5 Å². The van der Waals surface area contributed by atoms with Crippen LogP contribution in [0, 0.1) is 6.92 Å². The first-order chi connectivity index (χ1) is 9.20. The summed E-state index contributed by atoms with van der Waals surface area (Å²) in [6.45, 7) is 4.19. The molecule has 2 heterocycles. The summed E-state index contributed by atoms with van der Waals surface area (Å²) in [5, 5.41) is 2.14. The Morgan fingerprint density at radius 2 is 2.21 bits per heavy atom. The molecule has 4 nitrogen and oxygen atoms in total. The fourth-order valence-corrected chi connectivity index (χ4v) is 2.35. The third kappa shape index (κ3) is 1.85. The van der Waals surface area contributed by atoms with Crippen molar-refractivity contribution in [3.63, 3.8) is 0 Å². The topological polar surface area (TPSA) is 55.0 Å². The molecule has 0 fully saturated rings. The van der Waals surface area contributed by atoms with Gasteiger partial charge in [-0.25, -0.2) is 9.78 Å². The molecule has 0 aliphatic rings. The minimum Gasteiger partial charge on any atom is -0.461 e. The summed E-state index contributed by atoms with van der Waals surface area (Å²) in [5.74, 6) is -0.382. The summed E-state index contributed by atoms with van der Waals surface area (Å²) in [6.07, 6.45) is 1.68. The van der Waals surface area contributed by atoms with Crippen LogP contribution in [0.5, 0.6) is 0 Å². The van der Waals surface area contributed by atoms with E-state index >= 15 is 0 Å². The average Bonchev–Trinajstić information content (AvgIpc) is 2.77. The van der Waals surface area contributed by atoms with Gasteiger partial charge in [-0.2, -0.15) is 0 Å². The van der Waals surface area contributed by atoms with Crippen molar-refractivity contribution in [1.82, 2.24) is 9.97 Å². The molecule has 0 spiro atoms. The van der Waals surface area contributed by atoms with E-state index < -0.39 is 0 Å². The fraction of sp³-hybridized carbons (Fsp3) is 0.200. The number of fused-ring (bicyclic) bond motifs is 3. The summed E-state index contributed by atoms with van der Waals surface area (Å²) < 4.78 is 4.98. The number of H-pyrrole nitrogens is 1. The second kappa shape index (κ2) is 4.39. The highest BCUT2D eigenvalue weighted by atomic mass is 16.5. The van der Waals surface area contributed by atoms with Crippen LogP contribution in [0.2, 0.25) is 0 Å². The molecular weight excluding hydrogens is 240 g/mol. The van der Waals surface area contributed by atoms with E-state index in [2.05, 4.69) is 23.0 Å². The third-order valence-electron chi connectivity index (χ3n) is 3.20. The normalized spacial score (nSPS) is 11.1. The van der Waals surface area contributed by atoms with Crippen LogP contribution >= 0.6 is 0 Å². The number of nitrogens with zero attached hydrogens (tertiary/aromatic N) is 1. The highest BCUT2D eigenvalue weighted by molar-refractivity contribution is 6.10. The van der Waals surface area contributed by atoms with Crippen molar-refractivity contribution in [2.75, 3.05) is 6.61 Å². The molecule has 19 heavy (non-hydrogen) atoms. The summed E-state index contributed by atoms with van der Waals surface area (Å²) >= 11 is 0. The van der Waals surface area contributed by atoms with Gasteiger partial charge >= 0.3 is 5.97 Å². The van der Waals surface area contributed by atoms with Crippen LogP contribution in [0.4, 0.5) is 0 Å². The highest BCUT2D eigenvalue weighted by Crippen LogP contribution is 2.28. The highest BCUT2D eigenvalue weighted by Gasteiger charge is 2.12. The maximum Gasteiger partial charge on any atom is 0.356 e. The molecule has 1 aromatic carbocycles. The van der Waals surface area contributed by atoms with Crippen LogP contribution in [-0.4, -0.2) is 22.5 Å². The Bertz CT molecular complexity index is 774. The number of nitrogens with one attached hydrogen (secondary N) is 1.